The van der Waals surface area contributed by atoms with Crippen molar-refractivity contribution in [2.45, 2.75) is 31.8 Å². The first kappa shape index (κ1) is 16.7. The third kappa shape index (κ3) is 3.43. The summed E-state index contributed by atoms with van der Waals surface area (Å²) in [5, 5.41) is 10.8. The van der Waals surface area contributed by atoms with Crippen molar-refractivity contribution in [1.29, 1.82) is 0 Å². The fraction of sp³-hybridized carbons (Fsp3) is 0.368. The minimum atomic E-state index is 0.0189. The molecule has 7 nitrogen and oxygen atoms in total. The minimum absolute atomic E-state index is 0.0189. The highest BCUT2D eigenvalue weighted by atomic mass is 16.5. The van der Waals surface area contributed by atoms with E-state index < -0.39 is 0 Å². The van der Waals surface area contributed by atoms with Crippen LogP contribution in [0.1, 0.15) is 25.7 Å². The topological polar surface area (TPSA) is 81.4 Å². The lowest BCUT2D eigenvalue weighted by molar-refractivity contribution is -0.122. The Morgan fingerprint density at radius 1 is 1.27 bits per heavy atom. The molecule has 1 aromatic carbocycles. The summed E-state index contributed by atoms with van der Waals surface area (Å²) < 4.78 is 7.24. The second-order valence-electron chi connectivity index (χ2n) is 6.63. The Bertz CT molecular complexity index is 873. The molecule has 4 rings (SSSR count). The second kappa shape index (κ2) is 7.21. The molecule has 26 heavy (non-hydrogen) atoms. The molecule has 1 amide bonds. The van der Waals surface area contributed by atoms with Crippen LogP contribution in [0.2, 0.25) is 0 Å². The average molecular weight is 351 g/mol. The van der Waals surface area contributed by atoms with Crippen LogP contribution in [0.5, 0.6) is 0 Å². The van der Waals surface area contributed by atoms with Gasteiger partial charge in [0.2, 0.25) is 5.91 Å². The number of carbonyl (C=O) groups is 1. The van der Waals surface area contributed by atoms with Crippen molar-refractivity contribution in [2.24, 2.45) is 5.92 Å². The van der Waals surface area contributed by atoms with Gasteiger partial charge >= 0.3 is 0 Å². The molecule has 0 bridgehead atoms. The minimum Gasteiger partial charge on any atom is -0.381 e. The first-order chi connectivity index (χ1) is 12.7. The molecule has 3 aromatic rings. The predicted octanol–water partition coefficient (Wildman–Crippen LogP) is 2.94. The number of aromatic nitrogens is 4. The van der Waals surface area contributed by atoms with Crippen LogP contribution in [0.15, 0.2) is 42.9 Å². The maximum absolute atomic E-state index is 12.5. The fourth-order valence-corrected chi connectivity index (χ4v) is 3.46. The van der Waals surface area contributed by atoms with Crippen LogP contribution in [0, 0.1) is 5.92 Å². The Morgan fingerprint density at radius 3 is 2.88 bits per heavy atom. The van der Waals surface area contributed by atoms with E-state index in [9.17, 15) is 4.79 Å². The number of fused-ring (bicyclic) bond motifs is 1. The highest BCUT2D eigenvalue weighted by Crippen LogP contribution is 2.27. The Balaban J connectivity index is 1.45. The zero-order chi connectivity index (χ0) is 17.9. The molecule has 2 heterocycles. The predicted molar refractivity (Wildman–Crippen MR) is 97.6 cm³/mol. The van der Waals surface area contributed by atoms with Gasteiger partial charge in [0.1, 0.15) is 0 Å². The fourth-order valence-electron chi connectivity index (χ4n) is 3.46. The molecule has 2 aromatic heterocycles. The molecule has 1 fully saturated rings. The molecule has 0 radical (unpaired) electrons. The van der Waals surface area contributed by atoms with Crippen LogP contribution >= 0.6 is 0 Å². The van der Waals surface area contributed by atoms with Crippen LogP contribution in [-0.2, 0) is 9.53 Å². The number of hydrogen-bond donors (Lipinski definition) is 1. The first-order valence-electron chi connectivity index (χ1n) is 8.83. The number of hydrogen-bond acceptors (Lipinski definition) is 5. The van der Waals surface area contributed by atoms with E-state index in [1.165, 1.54) is 0 Å². The van der Waals surface area contributed by atoms with Gasteiger partial charge in [-0.05, 0) is 31.4 Å². The van der Waals surface area contributed by atoms with Gasteiger partial charge in [0.15, 0.2) is 0 Å². The lowest BCUT2D eigenvalue weighted by Crippen LogP contribution is -2.30. The summed E-state index contributed by atoms with van der Waals surface area (Å²) in [6, 6.07) is 7.70. The highest BCUT2D eigenvalue weighted by Gasteiger charge is 2.27. The number of methoxy groups -OCH3 is 1. The van der Waals surface area contributed by atoms with Gasteiger partial charge in [-0.25, -0.2) is 4.98 Å². The van der Waals surface area contributed by atoms with Crippen LogP contribution in [0.25, 0.3) is 17.0 Å². The molecule has 1 aliphatic rings. The van der Waals surface area contributed by atoms with Gasteiger partial charge in [-0.15, -0.1) is 5.10 Å². The Labute approximate surface area is 151 Å². The molecule has 1 aliphatic carbocycles. The summed E-state index contributed by atoms with van der Waals surface area (Å²) in [6.07, 6.45) is 9.32. The van der Waals surface area contributed by atoms with Crippen molar-refractivity contribution in [2.75, 3.05) is 12.4 Å². The van der Waals surface area contributed by atoms with E-state index in [0.717, 1.165) is 42.6 Å². The molecule has 1 N–H and O–H groups in total. The number of imidazole rings is 1. The molecule has 0 unspecified atom stereocenters. The largest absolute Gasteiger partial charge is 0.381 e. The van der Waals surface area contributed by atoms with Crippen LogP contribution < -0.4 is 5.32 Å². The van der Waals surface area contributed by atoms with Gasteiger partial charge in [0.05, 0.1) is 18.0 Å². The van der Waals surface area contributed by atoms with Crippen LogP contribution in [-0.4, -0.2) is 38.7 Å². The van der Waals surface area contributed by atoms with Gasteiger partial charge in [-0.1, -0.05) is 18.6 Å². The van der Waals surface area contributed by atoms with Crippen molar-refractivity contribution in [3.05, 3.63) is 42.9 Å². The third-order valence-electron chi connectivity index (χ3n) is 4.93. The van der Waals surface area contributed by atoms with E-state index in [1.54, 1.807) is 13.3 Å². The maximum Gasteiger partial charge on any atom is 0.254 e. The number of benzene rings is 1. The average Bonchev–Trinajstić information content (AvgIpc) is 3.13. The summed E-state index contributed by atoms with van der Waals surface area (Å²) in [6.45, 7) is 0. The number of carbonyl (C=O) groups excluding carboxylic acids is 1. The smallest absolute Gasteiger partial charge is 0.254 e. The number of anilines is 1. The van der Waals surface area contributed by atoms with Crippen molar-refractivity contribution in [1.82, 2.24) is 19.6 Å². The van der Waals surface area contributed by atoms with E-state index in [4.69, 9.17) is 4.74 Å². The van der Waals surface area contributed by atoms with Crippen molar-refractivity contribution < 1.29 is 9.53 Å². The first-order valence-corrected chi connectivity index (χ1v) is 8.83. The normalized spacial score (nSPS) is 20.2. The summed E-state index contributed by atoms with van der Waals surface area (Å²) in [5.41, 5.74) is 2.58. The van der Waals surface area contributed by atoms with Gasteiger partial charge in [-0.2, -0.15) is 5.10 Å². The number of nitrogens with zero attached hydrogens (tertiary/aromatic N) is 4. The molecule has 0 saturated heterocycles. The number of rotatable bonds is 4. The summed E-state index contributed by atoms with van der Waals surface area (Å²) >= 11 is 0. The summed E-state index contributed by atoms with van der Waals surface area (Å²) in [4.78, 5) is 17.0. The maximum atomic E-state index is 12.5. The SMILES string of the molecule is CO[C@@H]1CCC[C@@H](C(=O)Nc2ccc(-c3cn4ccnnc4n3)cc2)C1. The Morgan fingerprint density at radius 2 is 2.12 bits per heavy atom. The Kier molecular flexibility index (Phi) is 4.62. The van der Waals surface area contributed by atoms with Crippen molar-refractivity contribution in [3.63, 3.8) is 0 Å². The summed E-state index contributed by atoms with van der Waals surface area (Å²) in [7, 11) is 1.72. The molecule has 0 aliphatic heterocycles. The molecular formula is C19H21N5O2. The van der Waals surface area contributed by atoms with E-state index in [1.807, 2.05) is 41.1 Å². The quantitative estimate of drug-likeness (QED) is 0.781. The van der Waals surface area contributed by atoms with Gasteiger partial charge in [0.25, 0.3) is 5.78 Å². The van der Waals surface area contributed by atoms with Crippen molar-refractivity contribution in [3.8, 4) is 11.3 Å². The Hall–Kier alpha value is -2.80. The molecule has 134 valence electrons. The molecular weight excluding hydrogens is 330 g/mol. The zero-order valence-corrected chi connectivity index (χ0v) is 14.6. The lowest BCUT2D eigenvalue weighted by atomic mass is 9.86. The number of amides is 1. The van der Waals surface area contributed by atoms with E-state index >= 15 is 0 Å². The monoisotopic (exact) mass is 351 g/mol. The van der Waals surface area contributed by atoms with Gasteiger partial charge in [0, 0.05) is 36.7 Å². The van der Waals surface area contributed by atoms with E-state index in [0.29, 0.717) is 5.78 Å². The van der Waals surface area contributed by atoms with Gasteiger partial charge < -0.3 is 10.1 Å². The van der Waals surface area contributed by atoms with Crippen LogP contribution in [0.3, 0.4) is 0 Å². The van der Waals surface area contributed by atoms with E-state index in [-0.39, 0.29) is 17.9 Å². The number of ether oxygens (including phenoxy) is 1. The van der Waals surface area contributed by atoms with Crippen molar-refractivity contribution >= 4 is 17.4 Å². The highest BCUT2D eigenvalue weighted by molar-refractivity contribution is 5.92. The number of nitrogens with one attached hydrogen (secondary N) is 1. The van der Waals surface area contributed by atoms with E-state index in [2.05, 4.69) is 20.5 Å². The molecule has 0 spiro atoms. The molecule has 1 saturated carbocycles. The second-order valence-corrected chi connectivity index (χ2v) is 6.63. The zero-order valence-electron chi connectivity index (χ0n) is 14.6. The van der Waals surface area contributed by atoms with Crippen LogP contribution in [0.4, 0.5) is 5.69 Å². The van der Waals surface area contributed by atoms with Gasteiger partial charge in [-0.3, -0.25) is 9.20 Å². The molecule has 7 heteroatoms. The lowest BCUT2D eigenvalue weighted by Gasteiger charge is -2.27. The summed E-state index contributed by atoms with van der Waals surface area (Å²) in [5.74, 6) is 0.651. The molecule has 2 atom stereocenters. The standard InChI is InChI=1S/C19H21N5O2/c1-26-16-4-2-3-14(11-16)18(25)21-15-7-5-13(6-8-15)17-12-24-10-9-20-23-19(24)22-17/h5-10,12,14,16H,2-4,11H2,1H3,(H,21,25)/t14-,16-/m1/s1. The third-order valence-corrected chi connectivity index (χ3v) is 4.93.